The summed E-state index contributed by atoms with van der Waals surface area (Å²) < 4.78 is 5.18. The zero-order valence-electron chi connectivity index (χ0n) is 6.29. The number of hydrogen-bond donors (Lipinski definition) is 2. The molecule has 0 unspecified atom stereocenters. The number of rotatable bonds is 2. The van der Waals surface area contributed by atoms with E-state index in [9.17, 15) is 0 Å². The normalized spacial score (nSPS) is 20.1. The molecule has 1 saturated carbocycles. The molecule has 0 aliphatic heterocycles. The molecule has 60 valence electrons. The molecule has 1 aromatic rings. The summed E-state index contributed by atoms with van der Waals surface area (Å²) in [5.41, 5.74) is 12.0. The molecular weight excluding hydrogens is 140 g/mol. The van der Waals surface area contributed by atoms with Gasteiger partial charge in [-0.15, -0.1) is 0 Å². The van der Waals surface area contributed by atoms with Crippen LogP contribution in [-0.2, 0) is 0 Å². The molecule has 4 N–H and O–H groups in total. The van der Waals surface area contributed by atoms with Crippen molar-refractivity contribution < 1.29 is 4.42 Å². The van der Waals surface area contributed by atoms with Crippen LogP contribution >= 0.6 is 0 Å². The first-order valence-corrected chi connectivity index (χ1v) is 3.87. The van der Waals surface area contributed by atoms with Crippen LogP contribution in [0.1, 0.15) is 24.6 Å². The lowest BCUT2D eigenvalue weighted by Gasteiger charge is -2.04. The van der Waals surface area contributed by atoms with Crippen LogP contribution in [0.4, 0.5) is 5.69 Å². The second-order valence-electron chi connectivity index (χ2n) is 3.15. The van der Waals surface area contributed by atoms with E-state index in [4.69, 9.17) is 15.9 Å². The molecule has 0 spiro atoms. The van der Waals surface area contributed by atoms with Crippen LogP contribution in [0.3, 0.4) is 0 Å². The van der Waals surface area contributed by atoms with Gasteiger partial charge < -0.3 is 15.9 Å². The molecule has 0 bridgehead atoms. The average Bonchev–Trinajstić information content (AvgIpc) is 2.74. The van der Waals surface area contributed by atoms with Crippen molar-refractivity contribution in [1.29, 1.82) is 0 Å². The number of anilines is 1. The van der Waals surface area contributed by atoms with Gasteiger partial charge in [0.1, 0.15) is 12.0 Å². The van der Waals surface area contributed by atoms with E-state index in [1.165, 1.54) is 19.1 Å². The molecule has 1 aliphatic carbocycles. The molecule has 0 amide bonds. The van der Waals surface area contributed by atoms with Gasteiger partial charge in [-0.2, -0.15) is 0 Å². The maximum atomic E-state index is 5.86. The summed E-state index contributed by atoms with van der Waals surface area (Å²) in [7, 11) is 0. The summed E-state index contributed by atoms with van der Waals surface area (Å²) >= 11 is 0. The fraction of sp³-hybridized carbons (Fsp3) is 0.500. The van der Waals surface area contributed by atoms with E-state index >= 15 is 0 Å². The summed E-state index contributed by atoms with van der Waals surface area (Å²) in [6.45, 7) is 0. The highest BCUT2D eigenvalue weighted by Crippen LogP contribution is 2.39. The molecule has 1 heterocycles. The molecule has 0 radical (unpaired) electrons. The van der Waals surface area contributed by atoms with Crippen molar-refractivity contribution in [2.24, 2.45) is 11.7 Å². The van der Waals surface area contributed by atoms with Crippen molar-refractivity contribution in [3.63, 3.8) is 0 Å². The molecular formula is C8H12N2O. The third-order valence-electron chi connectivity index (χ3n) is 2.10. The maximum absolute atomic E-state index is 5.86. The van der Waals surface area contributed by atoms with Crippen LogP contribution in [-0.4, -0.2) is 0 Å². The predicted molar refractivity (Wildman–Crippen MR) is 42.8 cm³/mol. The minimum Gasteiger partial charge on any atom is -0.465 e. The van der Waals surface area contributed by atoms with Crippen LogP contribution in [0, 0.1) is 5.92 Å². The monoisotopic (exact) mass is 152 g/mol. The van der Waals surface area contributed by atoms with Crippen LogP contribution < -0.4 is 11.5 Å². The standard InChI is InChI=1S/C8H12N2O/c9-6-3-7(11-4-6)8(10)5-1-2-5/h3-5,8H,1-2,9-10H2/t8-/m0/s1. The van der Waals surface area contributed by atoms with E-state index in [2.05, 4.69) is 0 Å². The van der Waals surface area contributed by atoms with Gasteiger partial charge in [-0.3, -0.25) is 0 Å². The Morgan fingerprint density at radius 2 is 2.27 bits per heavy atom. The average molecular weight is 152 g/mol. The molecule has 2 rings (SSSR count). The lowest BCUT2D eigenvalue weighted by atomic mass is 10.1. The molecule has 0 aromatic carbocycles. The Morgan fingerprint density at radius 1 is 1.55 bits per heavy atom. The first kappa shape index (κ1) is 6.73. The number of nitrogens with two attached hydrogens (primary N) is 2. The number of nitrogen functional groups attached to an aromatic ring is 1. The van der Waals surface area contributed by atoms with Gasteiger partial charge in [-0.1, -0.05) is 0 Å². The van der Waals surface area contributed by atoms with Crippen molar-refractivity contribution in [3.8, 4) is 0 Å². The minimum atomic E-state index is 0.0623. The lowest BCUT2D eigenvalue weighted by Crippen LogP contribution is -2.10. The van der Waals surface area contributed by atoms with Crippen LogP contribution in [0.2, 0.25) is 0 Å². The maximum Gasteiger partial charge on any atom is 0.122 e. The Hall–Kier alpha value is -0.960. The SMILES string of the molecule is Nc1coc([C@@H](N)C2CC2)c1. The Bertz CT molecular complexity index is 252. The van der Waals surface area contributed by atoms with E-state index in [1.807, 2.05) is 6.07 Å². The van der Waals surface area contributed by atoms with Gasteiger partial charge in [0, 0.05) is 6.07 Å². The third-order valence-corrected chi connectivity index (χ3v) is 2.10. The molecule has 1 fully saturated rings. The van der Waals surface area contributed by atoms with E-state index < -0.39 is 0 Å². The fourth-order valence-electron chi connectivity index (χ4n) is 1.23. The van der Waals surface area contributed by atoms with Crippen molar-refractivity contribution >= 4 is 5.69 Å². The van der Waals surface area contributed by atoms with Crippen LogP contribution in [0.25, 0.3) is 0 Å². The third kappa shape index (κ3) is 1.24. The van der Waals surface area contributed by atoms with Crippen molar-refractivity contribution in [2.45, 2.75) is 18.9 Å². The first-order chi connectivity index (χ1) is 5.27. The highest BCUT2D eigenvalue weighted by molar-refractivity contribution is 5.36. The molecule has 3 heteroatoms. The number of hydrogen-bond acceptors (Lipinski definition) is 3. The predicted octanol–water partition coefficient (Wildman–Crippen LogP) is 1.27. The van der Waals surface area contributed by atoms with Crippen LogP contribution in [0.5, 0.6) is 0 Å². The highest BCUT2D eigenvalue weighted by atomic mass is 16.3. The van der Waals surface area contributed by atoms with E-state index in [0.29, 0.717) is 11.6 Å². The second-order valence-corrected chi connectivity index (χ2v) is 3.15. The van der Waals surface area contributed by atoms with Crippen molar-refractivity contribution in [3.05, 3.63) is 18.1 Å². The molecule has 1 aromatic heterocycles. The molecule has 11 heavy (non-hydrogen) atoms. The van der Waals surface area contributed by atoms with Crippen LogP contribution in [0.15, 0.2) is 16.7 Å². The van der Waals surface area contributed by atoms with Gasteiger partial charge in [0.15, 0.2) is 0 Å². The van der Waals surface area contributed by atoms with E-state index in [1.54, 1.807) is 0 Å². The van der Waals surface area contributed by atoms with Gasteiger partial charge >= 0.3 is 0 Å². The molecule has 1 atom stereocenters. The highest BCUT2D eigenvalue weighted by Gasteiger charge is 2.31. The zero-order valence-corrected chi connectivity index (χ0v) is 6.29. The number of furan rings is 1. The molecule has 1 aliphatic rings. The quantitative estimate of drug-likeness (QED) is 0.670. The Labute approximate surface area is 65.4 Å². The van der Waals surface area contributed by atoms with Gasteiger partial charge in [-0.25, -0.2) is 0 Å². The van der Waals surface area contributed by atoms with Gasteiger partial charge in [0.25, 0.3) is 0 Å². The zero-order chi connectivity index (χ0) is 7.84. The van der Waals surface area contributed by atoms with Gasteiger partial charge in [0.05, 0.1) is 11.7 Å². The van der Waals surface area contributed by atoms with E-state index in [-0.39, 0.29) is 6.04 Å². The molecule has 3 nitrogen and oxygen atoms in total. The summed E-state index contributed by atoms with van der Waals surface area (Å²) in [4.78, 5) is 0. The van der Waals surface area contributed by atoms with Crippen molar-refractivity contribution in [1.82, 2.24) is 0 Å². The van der Waals surface area contributed by atoms with Gasteiger partial charge in [0.2, 0.25) is 0 Å². The minimum absolute atomic E-state index is 0.0623. The molecule has 0 saturated heterocycles. The van der Waals surface area contributed by atoms with Crippen molar-refractivity contribution in [2.75, 3.05) is 5.73 Å². The summed E-state index contributed by atoms with van der Waals surface area (Å²) in [6, 6.07) is 1.87. The largest absolute Gasteiger partial charge is 0.465 e. The first-order valence-electron chi connectivity index (χ1n) is 3.87. The lowest BCUT2D eigenvalue weighted by molar-refractivity contribution is 0.443. The smallest absolute Gasteiger partial charge is 0.122 e. The summed E-state index contributed by atoms with van der Waals surface area (Å²) in [5, 5.41) is 0. The summed E-state index contributed by atoms with van der Waals surface area (Å²) in [6.07, 6.45) is 3.99. The Morgan fingerprint density at radius 3 is 2.73 bits per heavy atom. The second kappa shape index (κ2) is 2.27. The van der Waals surface area contributed by atoms with Gasteiger partial charge in [-0.05, 0) is 18.8 Å². The topological polar surface area (TPSA) is 65.2 Å². The fourth-order valence-corrected chi connectivity index (χ4v) is 1.23. The Kier molecular flexibility index (Phi) is 1.39. The summed E-state index contributed by atoms with van der Waals surface area (Å²) in [5.74, 6) is 1.45. The Balaban J connectivity index is 2.14. The van der Waals surface area contributed by atoms with E-state index in [0.717, 1.165) is 5.76 Å².